The molecular weight excluding hydrogens is 302 g/mol. The fraction of sp³-hybridized carbons (Fsp3) is 0.333. The number of ether oxygens (including phenoxy) is 1. The predicted octanol–water partition coefficient (Wildman–Crippen LogP) is 1.49. The quantitative estimate of drug-likeness (QED) is 0.420. The van der Waals surface area contributed by atoms with Crippen LogP contribution in [0.2, 0.25) is 5.02 Å². The van der Waals surface area contributed by atoms with E-state index >= 15 is 0 Å². The summed E-state index contributed by atoms with van der Waals surface area (Å²) in [4.78, 5) is 23.6. The first-order chi connectivity index (χ1) is 9.52. The Kier molecular flexibility index (Phi) is 7.21. The van der Waals surface area contributed by atoms with E-state index in [4.69, 9.17) is 22.1 Å². The number of urea groups is 1. The maximum Gasteiger partial charge on any atom is 0.321 e. The van der Waals surface area contributed by atoms with Crippen LogP contribution in [0.4, 0.5) is 10.5 Å². The number of rotatable bonds is 6. The van der Waals surface area contributed by atoms with Gasteiger partial charge in [-0.2, -0.15) is 0 Å². The molecule has 0 saturated carbocycles. The highest BCUT2D eigenvalue weighted by molar-refractivity contribution is 8.00. The van der Waals surface area contributed by atoms with E-state index in [0.717, 1.165) is 4.90 Å². The van der Waals surface area contributed by atoms with E-state index in [1.165, 1.54) is 18.9 Å². The molecule has 0 unspecified atom stereocenters. The molecule has 110 valence electrons. The number of methoxy groups -OCH3 is 1. The van der Waals surface area contributed by atoms with Crippen molar-refractivity contribution in [3.63, 3.8) is 0 Å². The summed E-state index contributed by atoms with van der Waals surface area (Å²) in [6.07, 6.45) is 0. The molecule has 6 nitrogen and oxygen atoms in total. The Bertz CT molecular complexity index is 485. The van der Waals surface area contributed by atoms with Gasteiger partial charge in [-0.3, -0.25) is 10.1 Å². The van der Waals surface area contributed by atoms with Gasteiger partial charge in [-0.25, -0.2) is 4.79 Å². The zero-order valence-corrected chi connectivity index (χ0v) is 12.5. The molecule has 0 bridgehead atoms. The Morgan fingerprint density at radius 2 is 2.20 bits per heavy atom. The van der Waals surface area contributed by atoms with Gasteiger partial charge in [-0.15, -0.1) is 11.8 Å². The van der Waals surface area contributed by atoms with E-state index in [-0.39, 0.29) is 5.75 Å². The SMILES string of the molecule is COCCNC(=O)NC(=O)CSc1ccc(N)cc1Cl. The van der Waals surface area contributed by atoms with E-state index in [9.17, 15) is 9.59 Å². The van der Waals surface area contributed by atoms with E-state index in [0.29, 0.717) is 23.9 Å². The summed E-state index contributed by atoms with van der Waals surface area (Å²) in [6, 6.07) is 4.49. The van der Waals surface area contributed by atoms with Crippen molar-refractivity contribution >= 4 is 41.0 Å². The molecule has 0 atom stereocenters. The zero-order chi connectivity index (χ0) is 15.0. The first-order valence-electron chi connectivity index (χ1n) is 5.77. The third-order valence-electron chi connectivity index (χ3n) is 2.16. The lowest BCUT2D eigenvalue weighted by atomic mass is 10.3. The summed E-state index contributed by atoms with van der Waals surface area (Å²) >= 11 is 7.21. The number of amides is 3. The summed E-state index contributed by atoms with van der Waals surface area (Å²) in [6.45, 7) is 0.726. The van der Waals surface area contributed by atoms with Gasteiger partial charge in [-0.05, 0) is 18.2 Å². The Morgan fingerprint density at radius 3 is 2.85 bits per heavy atom. The molecule has 20 heavy (non-hydrogen) atoms. The molecule has 0 saturated heterocycles. The Labute approximate surface area is 126 Å². The van der Waals surface area contributed by atoms with Crippen LogP contribution in [0.25, 0.3) is 0 Å². The average molecular weight is 318 g/mol. The molecular formula is C12H16ClN3O3S. The minimum atomic E-state index is -0.545. The first-order valence-corrected chi connectivity index (χ1v) is 7.13. The van der Waals surface area contributed by atoms with Crippen molar-refractivity contribution in [1.29, 1.82) is 0 Å². The molecule has 1 aromatic carbocycles. The van der Waals surface area contributed by atoms with Gasteiger partial charge in [0, 0.05) is 24.2 Å². The minimum absolute atomic E-state index is 0.0847. The maximum atomic E-state index is 11.5. The third-order valence-corrected chi connectivity index (χ3v) is 3.66. The summed E-state index contributed by atoms with van der Waals surface area (Å²) in [5.41, 5.74) is 6.13. The van der Waals surface area contributed by atoms with Crippen molar-refractivity contribution in [2.75, 3.05) is 31.7 Å². The molecule has 1 rings (SSSR count). The van der Waals surface area contributed by atoms with Crippen LogP contribution in [0, 0.1) is 0 Å². The summed E-state index contributed by atoms with van der Waals surface area (Å²) in [7, 11) is 1.53. The van der Waals surface area contributed by atoms with Crippen LogP contribution < -0.4 is 16.4 Å². The van der Waals surface area contributed by atoms with Gasteiger partial charge in [0.15, 0.2) is 0 Å². The molecule has 1 aromatic rings. The fourth-order valence-corrected chi connectivity index (χ4v) is 2.32. The lowest BCUT2D eigenvalue weighted by molar-refractivity contribution is -0.117. The van der Waals surface area contributed by atoms with Gasteiger partial charge in [0.1, 0.15) is 0 Å². The summed E-state index contributed by atoms with van der Waals surface area (Å²) in [5.74, 6) is -0.320. The van der Waals surface area contributed by atoms with Crippen LogP contribution in [0.3, 0.4) is 0 Å². The lowest BCUT2D eigenvalue weighted by Crippen LogP contribution is -2.41. The smallest absolute Gasteiger partial charge is 0.321 e. The number of halogens is 1. The number of hydrogen-bond donors (Lipinski definition) is 3. The Morgan fingerprint density at radius 1 is 1.45 bits per heavy atom. The fourth-order valence-electron chi connectivity index (χ4n) is 1.25. The largest absolute Gasteiger partial charge is 0.399 e. The number of nitrogen functional groups attached to an aromatic ring is 1. The molecule has 0 heterocycles. The highest BCUT2D eigenvalue weighted by atomic mass is 35.5. The Balaban J connectivity index is 2.34. The summed E-state index contributed by atoms with van der Waals surface area (Å²) in [5, 5.41) is 5.17. The van der Waals surface area contributed by atoms with Gasteiger partial charge in [0.05, 0.1) is 17.4 Å². The van der Waals surface area contributed by atoms with E-state index in [1.54, 1.807) is 18.2 Å². The van der Waals surface area contributed by atoms with Crippen LogP contribution >= 0.6 is 23.4 Å². The number of thioether (sulfide) groups is 1. The lowest BCUT2D eigenvalue weighted by Gasteiger charge is -2.07. The van der Waals surface area contributed by atoms with Gasteiger partial charge in [0.25, 0.3) is 0 Å². The number of imide groups is 1. The first kappa shape index (κ1) is 16.6. The highest BCUT2D eigenvalue weighted by Crippen LogP contribution is 2.28. The molecule has 0 aromatic heterocycles. The van der Waals surface area contributed by atoms with Crippen LogP contribution in [0.15, 0.2) is 23.1 Å². The molecule has 0 fully saturated rings. The van der Waals surface area contributed by atoms with E-state index < -0.39 is 11.9 Å². The molecule has 8 heteroatoms. The van der Waals surface area contributed by atoms with Crippen molar-refractivity contribution in [3.8, 4) is 0 Å². The van der Waals surface area contributed by atoms with Crippen molar-refractivity contribution < 1.29 is 14.3 Å². The molecule has 0 spiro atoms. The zero-order valence-electron chi connectivity index (χ0n) is 10.9. The predicted molar refractivity (Wildman–Crippen MR) is 80.0 cm³/mol. The van der Waals surface area contributed by atoms with Gasteiger partial charge < -0.3 is 15.8 Å². The van der Waals surface area contributed by atoms with Crippen LogP contribution in [0.5, 0.6) is 0 Å². The maximum absolute atomic E-state index is 11.5. The third kappa shape index (κ3) is 6.14. The number of nitrogens with two attached hydrogens (primary N) is 1. The van der Waals surface area contributed by atoms with Crippen LogP contribution in [0.1, 0.15) is 0 Å². The molecule has 3 amide bonds. The molecule has 0 radical (unpaired) electrons. The van der Waals surface area contributed by atoms with Crippen molar-refractivity contribution in [3.05, 3.63) is 23.2 Å². The standard InChI is InChI=1S/C12H16ClN3O3S/c1-19-5-4-15-12(18)16-11(17)7-20-10-3-2-8(14)6-9(10)13/h2-3,6H,4-5,7,14H2,1H3,(H2,15,16,17,18). The van der Waals surface area contributed by atoms with Crippen molar-refractivity contribution in [2.24, 2.45) is 0 Å². The number of nitrogens with one attached hydrogen (secondary N) is 2. The second kappa shape index (κ2) is 8.68. The summed E-state index contributed by atoms with van der Waals surface area (Å²) < 4.78 is 4.77. The minimum Gasteiger partial charge on any atom is -0.399 e. The van der Waals surface area contributed by atoms with E-state index in [1.807, 2.05) is 0 Å². The number of benzene rings is 1. The normalized spacial score (nSPS) is 10.1. The molecule has 0 aliphatic rings. The molecule has 0 aliphatic heterocycles. The monoisotopic (exact) mass is 317 g/mol. The van der Waals surface area contributed by atoms with Gasteiger partial charge in [-0.1, -0.05) is 11.6 Å². The van der Waals surface area contributed by atoms with Crippen molar-refractivity contribution in [1.82, 2.24) is 10.6 Å². The number of hydrogen-bond acceptors (Lipinski definition) is 5. The van der Waals surface area contributed by atoms with Gasteiger partial charge >= 0.3 is 6.03 Å². The van der Waals surface area contributed by atoms with E-state index in [2.05, 4.69) is 10.6 Å². The van der Waals surface area contributed by atoms with Gasteiger partial charge in [0.2, 0.25) is 5.91 Å². The second-order valence-corrected chi connectivity index (χ2v) is 5.20. The number of carbonyl (C=O) groups is 2. The van der Waals surface area contributed by atoms with Crippen LogP contribution in [-0.4, -0.2) is 38.0 Å². The number of carbonyl (C=O) groups excluding carboxylic acids is 2. The Hall–Kier alpha value is -1.44. The average Bonchev–Trinajstić information content (AvgIpc) is 2.38. The molecule has 4 N–H and O–H groups in total. The van der Waals surface area contributed by atoms with Crippen LogP contribution in [-0.2, 0) is 9.53 Å². The topological polar surface area (TPSA) is 93.5 Å². The highest BCUT2D eigenvalue weighted by Gasteiger charge is 2.09. The number of anilines is 1. The second-order valence-electron chi connectivity index (χ2n) is 3.78. The van der Waals surface area contributed by atoms with Crippen molar-refractivity contribution in [2.45, 2.75) is 4.90 Å². The molecule has 0 aliphatic carbocycles.